The molecule has 19 heavy (non-hydrogen) atoms. The Hall–Kier alpha value is -1.88. The standard InChI is InChI=1S/C14H17NO4/c1-9-7-15(8-10(2)19-9)13(16)11-3-5-12(6-4-11)14(17)18/h3-6,9-10H,7-8H2,1-2H3,(H,17,18)/t9-,10-/m1/s1. The average molecular weight is 263 g/mol. The van der Waals surface area contributed by atoms with E-state index in [0.717, 1.165) is 0 Å². The molecule has 1 aliphatic rings. The van der Waals surface area contributed by atoms with Crippen molar-refractivity contribution in [2.24, 2.45) is 0 Å². The molecule has 1 aliphatic heterocycles. The summed E-state index contributed by atoms with van der Waals surface area (Å²) in [4.78, 5) is 24.8. The van der Waals surface area contributed by atoms with Gasteiger partial charge in [-0.2, -0.15) is 0 Å². The topological polar surface area (TPSA) is 66.8 Å². The number of hydrogen-bond acceptors (Lipinski definition) is 3. The molecule has 1 heterocycles. The van der Waals surface area contributed by atoms with Gasteiger partial charge in [-0.15, -0.1) is 0 Å². The first-order valence-corrected chi connectivity index (χ1v) is 6.25. The normalized spacial score (nSPS) is 23.2. The number of nitrogens with zero attached hydrogens (tertiary/aromatic N) is 1. The summed E-state index contributed by atoms with van der Waals surface area (Å²) in [5.74, 6) is -1.08. The Kier molecular flexibility index (Phi) is 3.85. The van der Waals surface area contributed by atoms with Crippen molar-refractivity contribution in [3.8, 4) is 0 Å². The van der Waals surface area contributed by atoms with E-state index >= 15 is 0 Å². The van der Waals surface area contributed by atoms with E-state index in [1.807, 2.05) is 13.8 Å². The van der Waals surface area contributed by atoms with Gasteiger partial charge >= 0.3 is 5.97 Å². The fourth-order valence-corrected chi connectivity index (χ4v) is 2.28. The van der Waals surface area contributed by atoms with Crippen molar-refractivity contribution in [2.75, 3.05) is 13.1 Å². The second-order valence-electron chi connectivity index (χ2n) is 4.85. The zero-order valence-corrected chi connectivity index (χ0v) is 11.0. The zero-order chi connectivity index (χ0) is 14.0. The number of carbonyl (C=O) groups is 2. The molecule has 0 saturated carbocycles. The van der Waals surface area contributed by atoms with Crippen LogP contribution >= 0.6 is 0 Å². The van der Waals surface area contributed by atoms with Crippen LogP contribution in [0.25, 0.3) is 0 Å². The number of amides is 1. The lowest BCUT2D eigenvalue weighted by Gasteiger charge is -2.35. The van der Waals surface area contributed by atoms with Crippen LogP contribution in [-0.4, -0.2) is 47.2 Å². The summed E-state index contributed by atoms with van der Waals surface area (Å²) in [5.41, 5.74) is 0.687. The van der Waals surface area contributed by atoms with Gasteiger partial charge in [0.1, 0.15) is 0 Å². The summed E-state index contributed by atoms with van der Waals surface area (Å²) in [6.07, 6.45) is 0.0389. The Labute approximate surface area is 111 Å². The van der Waals surface area contributed by atoms with Crippen molar-refractivity contribution >= 4 is 11.9 Å². The Morgan fingerprint density at radius 3 is 2.05 bits per heavy atom. The van der Waals surface area contributed by atoms with Gasteiger partial charge in [0.05, 0.1) is 17.8 Å². The summed E-state index contributed by atoms with van der Waals surface area (Å²) >= 11 is 0. The van der Waals surface area contributed by atoms with Gasteiger partial charge in [-0.3, -0.25) is 4.79 Å². The van der Waals surface area contributed by atoms with E-state index in [0.29, 0.717) is 18.7 Å². The molecule has 0 bridgehead atoms. The molecule has 0 unspecified atom stereocenters. The SMILES string of the molecule is C[C@@H]1CN(C(=O)c2ccc(C(=O)O)cc2)C[C@@H](C)O1. The highest BCUT2D eigenvalue weighted by Gasteiger charge is 2.26. The molecule has 0 aliphatic carbocycles. The molecule has 2 atom stereocenters. The molecule has 5 heteroatoms. The van der Waals surface area contributed by atoms with Gasteiger partial charge in [0, 0.05) is 18.7 Å². The summed E-state index contributed by atoms with van der Waals surface area (Å²) in [5, 5.41) is 8.82. The number of carboxylic acids is 1. The quantitative estimate of drug-likeness (QED) is 0.880. The van der Waals surface area contributed by atoms with Crippen molar-refractivity contribution in [2.45, 2.75) is 26.1 Å². The van der Waals surface area contributed by atoms with Crippen LogP contribution in [0.4, 0.5) is 0 Å². The van der Waals surface area contributed by atoms with Crippen molar-refractivity contribution in [1.29, 1.82) is 0 Å². The number of ether oxygens (including phenoxy) is 1. The van der Waals surface area contributed by atoms with Crippen molar-refractivity contribution in [3.63, 3.8) is 0 Å². The van der Waals surface area contributed by atoms with Crippen LogP contribution < -0.4 is 0 Å². The third-order valence-electron chi connectivity index (χ3n) is 3.09. The molecule has 2 rings (SSSR count). The van der Waals surface area contributed by atoms with Crippen LogP contribution in [0, 0.1) is 0 Å². The molecule has 102 valence electrons. The van der Waals surface area contributed by atoms with Gasteiger partial charge in [0.25, 0.3) is 5.91 Å². The molecule has 1 saturated heterocycles. The predicted molar refractivity (Wildman–Crippen MR) is 69.3 cm³/mol. The second kappa shape index (κ2) is 5.40. The summed E-state index contributed by atoms with van der Waals surface area (Å²) in [6.45, 7) is 4.99. The van der Waals surface area contributed by atoms with E-state index in [-0.39, 0.29) is 23.7 Å². The van der Waals surface area contributed by atoms with E-state index in [4.69, 9.17) is 9.84 Å². The van der Waals surface area contributed by atoms with E-state index < -0.39 is 5.97 Å². The van der Waals surface area contributed by atoms with E-state index in [1.165, 1.54) is 12.1 Å². The molecule has 0 aromatic heterocycles. The first kappa shape index (κ1) is 13.5. The Morgan fingerprint density at radius 1 is 1.11 bits per heavy atom. The maximum Gasteiger partial charge on any atom is 0.335 e. The van der Waals surface area contributed by atoms with E-state index in [2.05, 4.69) is 0 Å². The lowest BCUT2D eigenvalue weighted by Crippen LogP contribution is -2.48. The Bertz CT molecular complexity index is 473. The van der Waals surface area contributed by atoms with Crippen molar-refractivity contribution in [1.82, 2.24) is 4.90 Å². The summed E-state index contributed by atoms with van der Waals surface area (Å²) in [7, 11) is 0. The number of morpholine rings is 1. The van der Waals surface area contributed by atoms with Gasteiger partial charge in [-0.05, 0) is 38.1 Å². The number of carbonyl (C=O) groups excluding carboxylic acids is 1. The fourth-order valence-electron chi connectivity index (χ4n) is 2.28. The Morgan fingerprint density at radius 2 is 1.58 bits per heavy atom. The van der Waals surface area contributed by atoms with Gasteiger partial charge in [-0.25, -0.2) is 4.79 Å². The largest absolute Gasteiger partial charge is 0.478 e. The predicted octanol–water partition coefficient (Wildman–Crippen LogP) is 1.63. The zero-order valence-electron chi connectivity index (χ0n) is 11.0. The smallest absolute Gasteiger partial charge is 0.335 e. The third kappa shape index (κ3) is 3.12. The monoisotopic (exact) mass is 263 g/mol. The molecule has 1 aromatic carbocycles. The Balaban J connectivity index is 2.12. The van der Waals surface area contributed by atoms with Gasteiger partial charge in [-0.1, -0.05) is 0 Å². The lowest BCUT2D eigenvalue weighted by atomic mass is 10.1. The van der Waals surface area contributed by atoms with Crippen molar-refractivity contribution < 1.29 is 19.4 Å². The van der Waals surface area contributed by atoms with E-state index in [9.17, 15) is 9.59 Å². The molecule has 1 N–H and O–H groups in total. The molecule has 0 radical (unpaired) electrons. The highest BCUT2D eigenvalue weighted by Crippen LogP contribution is 2.15. The minimum Gasteiger partial charge on any atom is -0.478 e. The second-order valence-corrected chi connectivity index (χ2v) is 4.85. The van der Waals surface area contributed by atoms with Crippen LogP contribution in [0.1, 0.15) is 34.6 Å². The van der Waals surface area contributed by atoms with Crippen LogP contribution in [0.2, 0.25) is 0 Å². The molecule has 1 amide bonds. The molecule has 5 nitrogen and oxygen atoms in total. The first-order valence-electron chi connectivity index (χ1n) is 6.25. The number of carboxylic acid groups (broad SMARTS) is 1. The minimum atomic E-state index is -0.993. The van der Waals surface area contributed by atoms with Crippen LogP contribution in [0.15, 0.2) is 24.3 Å². The highest BCUT2D eigenvalue weighted by atomic mass is 16.5. The molecule has 1 fully saturated rings. The van der Waals surface area contributed by atoms with Gasteiger partial charge in [0.15, 0.2) is 0 Å². The van der Waals surface area contributed by atoms with Crippen LogP contribution in [0.3, 0.4) is 0 Å². The van der Waals surface area contributed by atoms with Gasteiger partial charge < -0.3 is 14.7 Å². The number of rotatable bonds is 2. The molecule has 1 aromatic rings. The molecular weight excluding hydrogens is 246 g/mol. The number of aromatic carboxylic acids is 1. The maximum atomic E-state index is 12.3. The average Bonchev–Trinajstić information content (AvgIpc) is 2.37. The maximum absolute atomic E-state index is 12.3. The molecular formula is C14H17NO4. The van der Waals surface area contributed by atoms with Crippen LogP contribution in [0.5, 0.6) is 0 Å². The van der Waals surface area contributed by atoms with Crippen LogP contribution in [-0.2, 0) is 4.74 Å². The first-order chi connectivity index (χ1) is 8.97. The number of benzene rings is 1. The van der Waals surface area contributed by atoms with E-state index in [1.54, 1.807) is 17.0 Å². The molecule has 0 spiro atoms. The summed E-state index contributed by atoms with van der Waals surface area (Å²) in [6, 6.07) is 6.00. The van der Waals surface area contributed by atoms with Crippen molar-refractivity contribution in [3.05, 3.63) is 35.4 Å². The number of hydrogen-bond donors (Lipinski definition) is 1. The van der Waals surface area contributed by atoms with Gasteiger partial charge in [0.2, 0.25) is 0 Å². The third-order valence-corrected chi connectivity index (χ3v) is 3.09. The lowest BCUT2D eigenvalue weighted by molar-refractivity contribution is -0.0586. The summed E-state index contributed by atoms with van der Waals surface area (Å²) < 4.78 is 5.58. The minimum absolute atomic E-state index is 0.0194. The highest BCUT2D eigenvalue weighted by molar-refractivity contribution is 5.96. The fraction of sp³-hybridized carbons (Fsp3) is 0.429.